The lowest BCUT2D eigenvalue weighted by molar-refractivity contribution is 0.0554. The summed E-state index contributed by atoms with van der Waals surface area (Å²) >= 11 is 5.77. The van der Waals surface area contributed by atoms with Crippen LogP contribution in [0.15, 0.2) is 10.9 Å². The molecule has 104 valence electrons. The zero-order chi connectivity index (χ0) is 13.3. The maximum atomic E-state index is 11.6. The van der Waals surface area contributed by atoms with Gasteiger partial charge in [0.15, 0.2) is 0 Å². The number of halogens is 1. The van der Waals surface area contributed by atoms with Crippen molar-refractivity contribution in [1.82, 2.24) is 9.97 Å². The van der Waals surface area contributed by atoms with Crippen LogP contribution >= 0.6 is 11.6 Å². The third-order valence-electron chi connectivity index (χ3n) is 4.24. The number of hydrogen-bond acceptors (Lipinski definition) is 3. The number of aromatic amines is 1. The minimum atomic E-state index is -0.120. The molecule has 0 aromatic carbocycles. The molecule has 0 radical (unpaired) electrons. The Morgan fingerprint density at radius 1 is 1.47 bits per heavy atom. The van der Waals surface area contributed by atoms with E-state index in [1.165, 1.54) is 25.3 Å². The van der Waals surface area contributed by atoms with Crippen molar-refractivity contribution in [3.63, 3.8) is 0 Å². The number of hydrogen-bond donors (Lipinski definition) is 1. The molecule has 2 aliphatic rings. The minimum absolute atomic E-state index is 0.0645. The molecule has 0 unspecified atom stereocenters. The Kier molecular flexibility index (Phi) is 3.63. The first-order valence-electron chi connectivity index (χ1n) is 6.96. The fraction of sp³-hybridized carbons (Fsp3) is 0.714. The molecule has 0 bridgehead atoms. The molecule has 19 heavy (non-hydrogen) atoms. The molecule has 0 spiro atoms. The highest BCUT2D eigenvalue weighted by molar-refractivity contribution is 6.16. The van der Waals surface area contributed by atoms with Crippen molar-refractivity contribution < 1.29 is 4.74 Å². The number of nitrogens with one attached hydrogen (secondary N) is 1. The highest BCUT2D eigenvalue weighted by atomic mass is 35.5. The lowest BCUT2D eigenvalue weighted by atomic mass is 9.86. The van der Waals surface area contributed by atoms with E-state index in [4.69, 9.17) is 16.3 Å². The summed E-state index contributed by atoms with van der Waals surface area (Å²) in [5.74, 6) is 1.77. The molecule has 0 atom stereocenters. The molecule has 4 nitrogen and oxygen atoms in total. The molecule has 0 amide bonds. The van der Waals surface area contributed by atoms with Crippen molar-refractivity contribution in [1.29, 1.82) is 0 Å². The topological polar surface area (TPSA) is 55.0 Å². The van der Waals surface area contributed by atoms with Gasteiger partial charge in [0.25, 0.3) is 5.56 Å². The second-order valence-corrected chi connectivity index (χ2v) is 6.08. The number of rotatable bonds is 6. The van der Waals surface area contributed by atoms with Crippen molar-refractivity contribution in [3.05, 3.63) is 27.9 Å². The second kappa shape index (κ2) is 5.25. The van der Waals surface area contributed by atoms with Crippen molar-refractivity contribution in [2.45, 2.75) is 43.4 Å². The molecule has 0 saturated heterocycles. The third-order valence-corrected chi connectivity index (χ3v) is 4.52. The molecule has 1 N–H and O–H groups in total. The summed E-state index contributed by atoms with van der Waals surface area (Å²) in [4.78, 5) is 18.9. The zero-order valence-electron chi connectivity index (χ0n) is 11.0. The molecule has 3 rings (SSSR count). The lowest BCUT2D eigenvalue weighted by Crippen LogP contribution is -2.26. The Morgan fingerprint density at radius 2 is 2.26 bits per heavy atom. The Bertz CT molecular complexity index is 506. The van der Waals surface area contributed by atoms with Crippen LogP contribution in [-0.4, -0.2) is 23.2 Å². The molecule has 5 heteroatoms. The first-order chi connectivity index (χ1) is 9.22. The quantitative estimate of drug-likeness (QED) is 0.815. The third kappa shape index (κ3) is 2.84. The maximum Gasteiger partial charge on any atom is 0.251 e. The zero-order valence-corrected chi connectivity index (χ0v) is 11.7. The summed E-state index contributed by atoms with van der Waals surface area (Å²) in [7, 11) is 0. The average Bonchev–Trinajstić information content (AvgIpc) is 3.13. The maximum absolute atomic E-state index is 11.6. The predicted octanol–water partition coefficient (Wildman–Crippen LogP) is 2.36. The number of H-pyrrole nitrogens is 1. The van der Waals surface area contributed by atoms with Gasteiger partial charge in [0.1, 0.15) is 5.82 Å². The number of alkyl halides is 1. The van der Waals surface area contributed by atoms with Crippen LogP contribution in [0, 0.1) is 5.92 Å². The van der Waals surface area contributed by atoms with E-state index < -0.39 is 0 Å². The van der Waals surface area contributed by atoms with Crippen LogP contribution in [0.4, 0.5) is 0 Å². The molecular weight excluding hydrogens is 264 g/mol. The van der Waals surface area contributed by atoms with Crippen molar-refractivity contribution in [2.24, 2.45) is 5.92 Å². The van der Waals surface area contributed by atoms with E-state index in [0.29, 0.717) is 12.3 Å². The predicted molar refractivity (Wildman–Crippen MR) is 73.5 cm³/mol. The Labute approximate surface area is 117 Å². The van der Waals surface area contributed by atoms with Gasteiger partial charge in [-0.3, -0.25) is 4.79 Å². The molecule has 2 fully saturated rings. The molecule has 1 aromatic rings. The van der Waals surface area contributed by atoms with E-state index in [2.05, 4.69) is 9.97 Å². The monoisotopic (exact) mass is 282 g/mol. The summed E-state index contributed by atoms with van der Waals surface area (Å²) in [6.07, 6.45) is 6.00. The van der Waals surface area contributed by atoms with Crippen molar-refractivity contribution in [2.75, 3.05) is 13.2 Å². The van der Waals surface area contributed by atoms with Gasteiger partial charge in [0, 0.05) is 12.7 Å². The van der Waals surface area contributed by atoms with E-state index in [-0.39, 0.29) is 16.9 Å². The van der Waals surface area contributed by atoms with Crippen LogP contribution in [0.1, 0.15) is 43.6 Å². The first-order valence-corrected chi connectivity index (χ1v) is 7.50. The second-order valence-electron chi connectivity index (χ2n) is 5.81. The molecule has 2 saturated carbocycles. The highest BCUT2D eigenvalue weighted by Crippen LogP contribution is 2.46. The van der Waals surface area contributed by atoms with Gasteiger partial charge in [-0.15, -0.1) is 11.6 Å². The summed E-state index contributed by atoms with van der Waals surface area (Å²) in [6.45, 7) is 1.51. The Hall–Kier alpha value is -0.870. The number of nitrogens with zero attached hydrogens (tertiary/aromatic N) is 1. The summed E-state index contributed by atoms with van der Waals surface area (Å²) in [5, 5.41) is 0. The molecule has 1 heterocycles. The minimum Gasteiger partial charge on any atom is -0.380 e. The van der Waals surface area contributed by atoms with Crippen LogP contribution in [-0.2, 0) is 16.0 Å². The molecule has 0 aliphatic heterocycles. The van der Waals surface area contributed by atoms with Crippen LogP contribution in [0.25, 0.3) is 0 Å². The first kappa shape index (κ1) is 13.1. The van der Waals surface area contributed by atoms with Crippen molar-refractivity contribution >= 4 is 11.6 Å². The van der Waals surface area contributed by atoms with E-state index in [1.54, 1.807) is 0 Å². The largest absolute Gasteiger partial charge is 0.380 e. The SMILES string of the molecule is O=c1cc(CCl)nc(C2(COCC3CCC3)CC2)[nH]1. The summed E-state index contributed by atoms with van der Waals surface area (Å²) in [5.41, 5.74) is 0.460. The van der Waals surface area contributed by atoms with E-state index in [9.17, 15) is 4.79 Å². The average molecular weight is 283 g/mol. The normalized spacial score (nSPS) is 21.1. The van der Waals surface area contributed by atoms with Crippen LogP contribution in [0.2, 0.25) is 0 Å². The van der Waals surface area contributed by atoms with Gasteiger partial charge in [-0.1, -0.05) is 6.42 Å². The van der Waals surface area contributed by atoms with Gasteiger partial charge < -0.3 is 9.72 Å². The van der Waals surface area contributed by atoms with Gasteiger partial charge in [-0.05, 0) is 31.6 Å². The van der Waals surface area contributed by atoms with E-state index >= 15 is 0 Å². The van der Waals surface area contributed by atoms with Crippen LogP contribution < -0.4 is 5.56 Å². The van der Waals surface area contributed by atoms with Gasteiger partial charge in [0.05, 0.1) is 23.6 Å². The Morgan fingerprint density at radius 3 is 2.84 bits per heavy atom. The number of aromatic nitrogens is 2. The van der Waals surface area contributed by atoms with Gasteiger partial charge in [-0.2, -0.15) is 0 Å². The molecule has 1 aromatic heterocycles. The Balaban J connectivity index is 1.66. The van der Waals surface area contributed by atoms with Gasteiger partial charge >= 0.3 is 0 Å². The summed E-state index contributed by atoms with van der Waals surface area (Å²) < 4.78 is 5.84. The fourth-order valence-corrected chi connectivity index (χ4v) is 2.65. The summed E-state index contributed by atoms with van der Waals surface area (Å²) in [6, 6.07) is 1.46. The van der Waals surface area contributed by atoms with E-state index in [0.717, 1.165) is 31.2 Å². The van der Waals surface area contributed by atoms with Gasteiger partial charge in [0.2, 0.25) is 0 Å². The molecular formula is C14H19ClN2O2. The number of ether oxygens (including phenoxy) is 1. The highest BCUT2D eigenvalue weighted by Gasteiger charge is 2.47. The standard InChI is InChI=1S/C14H19ClN2O2/c15-7-11-6-12(18)17-13(16-11)14(4-5-14)9-19-8-10-2-1-3-10/h6,10H,1-5,7-9H2,(H,16,17,18). The fourth-order valence-electron chi connectivity index (χ4n) is 2.51. The van der Waals surface area contributed by atoms with Crippen LogP contribution in [0.3, 0.4) is 0 Å². The molecule has 2 aliphatic carbocycles. The van der Waals surface area contributed by atoms with E-state index in [1.807, 2.05) is 0 Å². The van der Waals surface area contributed by atoms with Crippen LogP contribution in [0.5, 0.6) is 0 Å². The van der Waals surface area contributed by atoms with Crippen molar-refractivity contribution in [3.8, 4) is 0 Å². The van der Waals surface area contributed by atoms with Gasteiger partial charge in [-0.25, -0.2) is 4.98 Å². The lowest BCUT2D eigenvalue weighted by Gasteiger charge is -2.26. The smallest absolute Gasteiger partial charge is 0.251 e.